The second-order valence-electron chi connectivity index (χ2n) is 7.65. The van der Waals surface area contributed by atoms with E-state index in [4.69, 9.17) is 15.2 Å². The van der Waals surface area contributed by atoms with Crippen LogP contribution in [0.3, 0.4) is 0 Å². The zero-order chi connectivity index (χ0) is 21.1. The number of halogens is 1. The lowest BCUT2D eigenvalue weighted by Gasteiger charge is -2.29. The number of ether oxygens (including phenoxy) is 2. The average Bonchev–Trinajstić information content (AvgIpc) is 2.74. The number of benzene rings is 2. The molecule has 2 N–H and O–H groups in total. The molecule has 7 heteroatoms. The Kier molecular flexibility index (Phi) is 5.68. The van der Waals surface area contributed by atoms with E-state index in [1.165, 1.54) is 12.1 Å². The minimum Gasteiger partial charge on any atom is -0.492 e. The quantitative estimate of drug-likeness (QED) is 0.635. The molecule has 3 aromatic rings. The summed E-state index contributed by atoms with van der Waals surface area (Å²) in [5, 5.41) is 10.3. The number of pyridine rings is 1. The third-order valence-electron chi connectivity index (χ3n) is 5.32. The van der Waals surface area contributed by atoms with E-state index in [0.29, 0.717) is 46.2 Å². The van der Waals surface area contributed by atoms with Crippen molar-refractivity contribution in [2.75, 3.05) is 32.5 Å². The first-order chi connectivity index (χ1) is 14.5. The largest absolute Gasteiger partial charge is 0.492 e. The van der Waals surface area contributed by atoms with Crippen LogP contribution in [0.2, 0.25) is 0 Å². The molecule has 1 aliphatic heterocycles. The summed E-state index contributed by atoms with van der Waals surface area (Å²) < 4.78 is 25.6. The Labute approximate surface area is 174 Å². The molecule has 2 aromatic carbocycles. The van der Waals surface area contributed by atoms with Crippen LogP contribution in [-0.2, 0) is 0 Å². The van der Waals surface area contributed by atoms with Gasteiger partial charge in [-0.1, -0.05) is 0 Å². The standard InChI is InChI=1S/C23H23FN4O2/c1-28-8-2-3-15(13-28)14-29-23-11-21-18(9-16(23)12-25)22(6-7-27-21)30-17-4-5-20(26)19(24)10-17/h4-7,9-11,15H,2-3,8,13-14,26H2,1H3. The molecule has 0 bridgehead atoms. The third-order valence-corrected chi connectivity index (χ3v) is 5.32. The van der Waals surface area contributed by atoms with Gasteiger partial charge in [0.15, 0.2) is 0 Å². The van der Waals surface area contributed by atoms with Gasteiger partial charge in [0.25, 0.3) is 0 Å². The van der Waals surface area contributed by atoms with E-state index in [9.17, 15) is 9.65 Å². The van der Waals surface area contributed by atoms with Crippen LogP contribution in [0, 0.1) is 23.1 Å². The number of hydrogen-bond donors (Lipinski definition) is 1. The van der Waals surface area contributed by atoms with Gasteiger partial charge in [-0.3, -0.25) is 4.98 Å². The lowest BCUT2D eigenvalue weighted by molar-refractivity contribution is 0.150. The number of likely N-dealkylation sites (tertiary alicyclic amines) is 1. The fraction of sp³-hybridized carbons (Fsp3) is 0.304. The van der Waals surface area contributed by atoms with Gasteiger partial charge in [-0.15, -0.1) is 0 Å². The maximum absolute atomic E-state index is 13.7. The summed E-state index contributed by atoms with van der Waals surface area (Å²) >= 11 is 0. The normalized spacial score (nSPS) is 16.9. The number of nitriles is 1. The van der Waals surface area contributed by atoms with Gasteiger partial charge in [-0.05, 0) is 50.7 Å². The van der Waals surface area contributed by atoms with Gasteiger partial charge >= 0.3 is 0 Å². The molecule has 4 rings (SSSR count). The van der Waals surface area contributed by atoms with Gasteiger partial charge in [0, 0.05) is 36.2 Å². The highest BCUT2D eigenvalue weighted by Gasteiger charge is 2.19. The molecule has 0 radical (unpaired) electrons. The van der Waals surface area contributed by atoms with Crippen molar-refractivity contribution in [2.45, 2.75) is 12.8 Å². The molecule has 1 fully saturated rings. The lowest BCUT2D eigenvalue weighted by atomic mass is 9.99. The van der Waals surface area contributed by atoms with E-state index in [-0.39, 0.29) is 5.69 Å². The smallest absolute Gasteiger partial charge is 0.149 e. The molecule has 2 heterocycles. The minimum atomic E-state index is -0.549. The number of anilines is 1. The Bertz CT molecular complexity index is 1110. The summed E-state index contributed by atoms with van der Waals surface area (Å²) in [6.07, 6.45) is 3.88. The molecule has 0 saturated carbocycles. The van der Waals surface area contributed by atoms with Gasteiger partial charge in [-0.2, -0.15) is 5.26 Å². The highest BCUT2D eigenvalue weighted by atomic mass is 19.1. The van der Waals surface area contributed by atoms with Gasteiger partial charge in [0.2, 0.25) is 0 Å². The Morgan fingerprint density at radius 1 is 1.27 bits per heavy atom. The summed E-state index contributed by atoms with van der Waals surface area (Å²) in [6, 6.07) is 11.6. The van der Waals surface area contributed by atoms with Crippen LogP contribution in [0.25, 0.3) is 10.9 Å². The molecule has 154 valence electrons. The summed E-state index contributed by atoms with van der Waals surface area (Å²) in [5.74, 6) is 1.19. The summed E-state index contributed by atoms with van der Waals surface area (Å²) in [5.41, 5.74) is 6.63. The molecule has 1 aliphatic rings. The predicted molar refractivity (Wildman–Crippen MR) is 113 cm³/mol. The van der Waals surface area contributed by atoms with Crippen LogP contribution in [0.4, 0.5) is 10.1 Å². The lowest BCUT2D eigenvalue weighted by Crippen LogP contribution is -2.34. The second kappa shape index (κ2) is 8.56. The zero-order valence-corrected chi connectivity index (χ0v) is 16.8. The van der Waals surface area contributed by atoms with Crippen molar-refractivity contribution in [1.29, 1.82) is 5.26 Å². The van der Waals surface area contributed by atoms with Gasteiger partial charge in [0.1, 0.15) is 29.1 Å². The van der Waals surface area contributed by atoms with Gasteiger partial charge in [-0.25, -0.2) is 4.39 Å². The van der Waals surface area contributed by atoms with Crippen LogP contribution < -0.4 is 15.2 Å². The minimum absolute atomic E-state index is 0.0552. The monoisotopic (exact) mass is 406 g/mol. The zero-order valence-electron chi connectivity index (χ0n) is 16.8. The highest BCUT2D eigenvalue weighted by Crippen LogP contribution is 2.34. The van der Waals surface area contributed by atoms with E-state index in [1.807, 2.05) is 0 Å². The Balaban J connectivity index is 1.60. The van der Waals surface area contributed by atoms with Crippen LogP contribution in [0.5, 0.6) is 17.2 Å². The molecule has 0 aliphatic carbocycles. The van der Waals surface area contributed by atoms with E-state index in [1.54, 1.807) is 30.5 Å². The number of rotatable bonds is 5. The molecule has 30 heavy (non-hydrogen) atoms. The SMILES string of the molecule is CN1CCCC(COc2cc3nccc(Oc4ccc(N)c(F)c4)c3cc2C#N)C1. The van der Waals surface area contributed by atoms with Crippen LogP contribution in [0.1, 0.15) is 18.4 Å². The van der Waals surface area contributed by atoms with E-state index in [0.717, 1.165) is 25.9 Å². The fourth-order valence-corrected chi connectivity index (χ4v) is 3.76. The second-order valence-corrected chi connectivity index (χ2v) is 7.65. The molecule has 0 spiro atoms. The van der Waals surface area contributed by atoms with Gasteiger partial charge < -0.3 is 20.1 Å². The number of aromatic nitrogens is 1. The molecular weight excluding hydrogens is 383 g/mol. The topological polar surface area (TPSA) is 84.4 Å². The number of nitrogens with zero attached hydrogens (tertiary/aromatic N) is 3. The van der Waals surface area contributed by atoms with Crippen molar-refractivity contribution in [3.8, 4) is 23.3 Å². The molecule has 6 nitrogen and oxygen atoms in total. The summed E-state index contributed by atoms with van der Waals surface area (Å²) in [7, 11) is 2.11. The highest BCUT2D eigenvalue weighted by molar-refractivity contribution is 5.88. The van der Waals surface area contributed by atoms with Crippen LogP contribution in [0.15, 0.2) is 42.6 Å². The van der Waals surface area contributed by atoms with Crippen LogP contribution >= 0.6 is 0 Å². The molecule has 1 atom stereocenters. The predicted octanol–water partition coefficient (Wildman–Crippen LogP) is 4.34. The van der Waals surface area contributed by atoms with Crippen molar-refractivity contribution >= 4 is 16.6 Å². The van der Waals surface area contributed by atoms with E-state index in [2.05, 4.69) is 23.0 Å². The van der Waals surface area contributed by atoms with E-state index < -0.39 is 5.82 Å². The van der Waals surface area contributed by atoms with Crippen molar-refractivity contribution in [2.24, 2.45) is 5.92 Å². The Morgan fingerprint density at radius 3 is 2.90 bits per heavy atom. The van der Waals surface area contributed by atoms with Crippen molar-refractivity contribution < 1.29 is 13.9 Å². The number of piperidine rings is 1. The third kappa shape index (κ3) is 4.29. The maximum atomic E-state index is 13.7. The first-order valence-corrected chi connectivity index (χ1v) is 9.90. The fourth-order valence-electron chi connectivity index (χ4n) is 3.76. The van der Waals surface area contributed by atoms with Crippen molar-refractivity contribution in [3.05, 3.63) is 54.0 Å². The number of hydrogen-bond acceptors (Lipinski definition) is 6. The van der Waals surface area contributed by atoms with Gasteiger partial charge in [0.05, 0.1) is 23.4 Å². The average molecular weight is 406 g/mol. The first kappa shape index (κ1) is 19.9. The number of nitrogen functional groups attached to an aromatic ring is 1. The molecule has 1 aromatic heterocycles. The number of fused-ring (bicyclic) bond motifs is 1. The Morgan fingerprint density at radius 2 is 2.13 bits per heavy atom. The molecule has 0 amide bonds. The van der Waals surface area contributed by atoms with E-state index >= 15 is 0 Å². The van der Waals surface area contributed by atoms with Crippen LogP contribution in [-0.4, -0.2) is 36.6 Å². The maximum Gasteiger partial charge on any atom is 0.149 e. The van der Waals surface area contributed by atoms with Crippen molar-refractivity contribution in [1.82, 2.24) is 9.88 Å². The summed E-state index contributed by atoms with van der Waals surface area (Å²) in [4.78, 5) is 6.69. The van der Waals surface area contributed by atoms with Crippen molar-refractivity contribution in [3.63, 3.8) is 0 Å². The molecule has 1 unspecified atom stereocenters. The Hall–Kier alpha value is -3.37. The molecular formula is C23H23FN4O2. The summed E-state index contributed by atoms with van der Waals surface area (Å²) in [6.45, 7) is 2.66. The number of nitrogens with two attached hydrogens (primary N) is 1. The first-order valence-electron chi connectivity index (χ1n) is 9.90. The molecule has 1 saturated heterocycles.